The molecule has 102 valence electrons. The number of fused-ring (bicyclic) bond motifs is 2. The first-order valence-electron chi connectivity index (χ1n) is 6.86. The molecule has 0 aliphatic carbocycles. The second kappa shape index (κ2) is 4.60. The van der Waals surface area contributed by atoms with E-state index in [1.807, 2.05) is 11.7 Å². The molecular formula is C14H18BrN3O. The third-order valence-corrected chi connectivity index (χ3v) is 5.44. The van der Waals surface area contributed by atoms with Crippen LogP contribution in [0.25, 0.3) is 0 Å². The van der Waals surface area contributed by atoms with E-state index in [2.05, 4.69) is 34.0 Å². The third kappa shape index (κ3) is 1.93. The van der Waals surface area contributed by atoms with Crippen molar-refractivity contribution in [2.24, 2.45) is 12.5 Å². The Morgan fingerprint density at radius 2 is 2.37 bits per heavy atom. The molecule has 0 spiro atoms. The smallest absolute Gasteiger partial charge is 0.0915 e. The zero-order valence-corrected chi connectivity index (χ0v) is 12.9. The van der Waals surface area contributed by atoms with Crippen LogP contribution in [0.3, 0.4) is 0 Å². The number of rotatable bonds is 3. The number of hydrogen-bond acceptors (Lipinski definition) is 3. The first kappa shape index (κ1) is 13.1. The van der Waals surface area contributed by atoms with E-state index in [9.17, 15) is 5.26 Å². The van der Waals surface area contributed by atoms with Crippen LogP contribution >= 0.6 is 15.9 Å². The lowest BCUT2D eigenvalue weighted by atomic mass is 9.72. The lowest BCUT2D eigenvalue weighted by molar-refractivity contribution is 0.0782. The minimum atomic E-state index is -0.357. The summed E-state index contributed by atoms with van der Waals surface area (Å²) in [6.45, 7) is 2.09. The van der Waals surface area contributed by atoms with Gasteiger partial charge in [0.25, 0.3) is 0 Å². The molecule has 0 saturated carbocycles. The monoisotopic (exact) mass is 323 g/mol. The summed E-state index contributed by atoms with van der Waals surface area (Å²) in [6, 6.07) is 2.55. The number of halogens is 1. The predicted molar refractivity (Wildman–Crippen MR) is 74.5 cm³/mol. The molecule has 3 rings (SSSR count). The Labute approximate surface area is 121 Å². The van der Waals surface area contributed by atoms with Gasteiger partial charge in [-0.05, 0) is 41.6 Å². The zero-order valence-electron chi connectivity index (χ0n) is 11.3. The SMILES string of the molecule is CCc1nn(C)c(CC2(C#N)CC3CCC2O3)c1Br. The molecule has 1 aromatic rings. The van der Waals surface area contributed by atoms with Crippen molar-refractivity contribution in [3.63, 3.8) is 0 Å². The highest BCUT2D eigenvalue weighted by Crippen LogP contribution is 2.49. The minimum Gasteiger partial charge on any atom is -0.373 e. The van der Waals surface area contributed by atoms with Gasteiger partial charge in [-0.2, -0.15) is 10.4 Å². The summed E-state index contributed by atoms with van der Waals surface area (Å²) in [5.74, 6) is 0. The highest BCUT2D eigenvalue weighted by Gasteiger charge is 2.53. The van der Waals surface area contributed by atoms with E-state index in [0.717, 1.165) is 48.0 Å². The summed E-state index contributed by atoms with van der Waals surface area (Å²) in [5, 5.41) is 14.2. The molecule has 3 unspecified atom stereocenters. The standard InChI is InChI=1S/C14H18BrN3O/c1-3-10-13(15)11(18(2)17-10)7-14(8-16)6-9-4-5-12(14)19-9/h9,12H,3-7H2,1-2H3. The van der Waals surface area contributed by atoms with Gasteiger partial charge in [-0.25, -0.2) is 0 Å². The molecule has 0 aromatic carbocycles. The number of nitriles is 1. The molecule has 2 bridgehead atoms. The van der Waals surface area contributed by atoms with Gasteiger partial charge in [-0.3, -0.25) is 4.68 Å². The van der Waals surface area contributed by atoms with E-state index in [-0.39, 0.29) is 11.5 Å². The Morgan fingerprint density at radius 3 is 2.84 bits per heavy atom. The highest BCUT2D eigenvalue weighted by atomic mass is 79.9. The molecule has 0 amide bonds. The lowest BCUT2D eigenvalue weighted by Crippen LogP contribution is -2.34. The van der Waals surface area contributed by atoms with E-state index in [1.165, 1.54) is 0 Å². The molecule has 2 aliphatic heterocycles. The quantitative estimate of drug-likeness (QED) is 0.859. The van der Waals surface area contributed by atoms with E-state index in [1.54, 1.807) is 0 Å². The van der Waals surface area contributed by atoms with Crippen LogP contribution in [0, 0.1) is 16.7 Å². The van der Waals surface area contributed by atoms with Gasteiger partial charge in [0.15, 0.2) is 0 Å². The molecule has 2 fully saturated rings. The Balaban J connectivity index is 1.93. The van der Waals surface area contributed by atoms with Crippen LogP contribution in [-0.4, -0.2) is 22.0 Å². The third-order valence-electron chi connectivity index (χ3n) is 4.52. The predicted octanol–water partition coefficient (Wildman–Crippen LogP) is 2.75. The van der Waals surface area contributed by atoms with Gasteiger partial charge in [0.1, 0.15) is 0 Å². The summed E-state index contributed by atoms with van der Waals surface area (Å²) < 4.78 is 8.87. The lowest BCUT2D eigenvalue weighted by Gasteiger charge is -2.28. The molecule has 4 nitrogen and oxygen atoms in total. The number of ether oxygens (including phenoxy) is 1. The fraction of sp³-hybridized carbons (Fsp3) is 0.714. The number of hydrogen-bond donors (Lipinski definition) is 0. The van der Waals surface area contributed by atoms with E-state index in [0.29, 0.717) is 6.10 Å². The van der Waals surface area contributed by atoms with Gasteiger partial charge >= 0.3 is 0 Å². The summed E-state index contributed by atoms with van der Waals surface area (Å²) in [6.07, 6.45) is 5.03. The van der Waals surface area contributed by atoms with Crippen molar-refractivity contribution in [2.45, 2.75) is 51.2 Å². The average Bonchev–Trinajstić information content (AvgIpc) is 3.07. The minimum absolute atomic E-state index is 0.106. The van der Waals surface area contributed by atoms with Crippen molar-refractivity contribution in [1.29, 1.82) is 5.26 Å². The summed E-state index contributed by atoms with van der Waals surface area (Å²) in [7, 11) is 1.96. The van der Waals surface area contributed by atoms with Crippen molar-refractivity contribution in [2.75, 3.05) is 0 Å². The van der Waals surface area contributed by atoms with Crippen LogP contribution < -0.4 is 0 Å². The Kier molecular flexibility index (Phi) is 3.18. The molecule has 2 saturated heterocycles. The van der Waals surface area contributed by atoms with E-state index < -0.39 is 0 Å². The van der Waals surface area contributed by atoms with Gasteiger partial charge in [-0.15, -0.1) is 0 Å². The van der Waals surface area contributed by atoms with Gasteiger partial charge in [-0.1, -0.05) is 6.92 Å². The maximum Gasteiger partial charge on any atom is 0.0915 e. The summed E-state index contributed by atoms with van der Waals surface area (Å²) in [5.41, 5.74) is 1.83. The largest absolute Gasteiger partial charge is 0.373 e. The van der Waals surface area contributed by atoms with E-state index in [4.69, 9.17) is 4.74 Å². The first-order chi connectivity index (χ1) is 9.09. The molecular weight excluding hydrogens is 306 g/mol. The maximum absolute atomic E-state index is 9.67. The first-order valence-corrected chi connectivity index (χ1v) is 7.66. The van der Waals surface area contributed by atoms with Crippen molar-refractivity contribution in [1.82, 2.24) is 9.78 Å². The van der Waals surface area contributed by atoms with Crippen LogP contribution in [0.15, 0.2) is 4.47 Å². The molecule has 0 radical (unpaired) electrons. The second-order valence-corrected chi connectivity index (χ2v) is 6.45. The zero-order chi connectivity index (χ0) is 13.6. The topological polar surface area (TPSA) is 50.8 Å². The summed E-state index contributed by atoms with van der Waals surface area (Å²) >= 11 is 3.64. The van der Waals surface area contributed by atoms with Gasteiger partial charge < -0.3 is 4.74 Å². The number of nitrogens with zero attached hydrogens (tertiary/aromatic N) is 3. The molecule has 3 heterocycles. The molecule has 2 aliphatic rings. The van der Waals surface area contributed by atoms with Crippen LogP contribution in [-0.2, 0) is 24.6 Å². The normalized spacial score (nSPS) is 32.7. The van der Waals surface area contributed by atoms with Crippen molar-refractivity contribution >= 4 is 15.9 Å². The van der Waals surface area contributed by atoms with E-state index >= 15 is 0 Å². The Hall–Kier alpha value is -0.860. The van der Waals surface area contributed by atoms with Gasteiger partial charge in [0.2, 0.25) is 0 Å². The van der Waals surface area contributed by atoms with Crippen molar-refractivity contribution in [3.8, 4) is 6.07 Å². The molecule has 0 N–H and O–H groups in total. The Bertz CT molecular complexity index is 548. The Morgan fingerprint density at radius 1 is 1.58 bits per heavy atom. The number of aromatic nitrogens is 2. The van der Waals surface area contributed by atoms with Crippen molar-refractivity contribution in [3.05, 3.63) is 15.9 Å². The fourth-order valence-corrected chi connectivity index (χ4v) is 4.21. The molecule has 5 heteroatoms. The highest BCUT2D eigenvalue weighted by molar-refractivity contribution is 9.10. The molecule has 19 heavy (non-hydrogen) atoms. The average molecular weight is 324 g/mol. The van der Waals surface area contributed by atoms with Crippen LogP contribution in [0.2, 0.25) is 0 Å². The molecule has 1 aromatic heterocycles. The second-order valence-electron chi connectivity index (χ2n) is 5.66. The van der Waals surface area contributed by atoms with Gasteiger partial charge in [0.05, 0.1) is 39.6 Å². The summed E-state index contributed by atoms with van der Waals surface area (Å²) in [4.78, 5) is 0. The van der Waals surface area contributed by atoms with Crippen LogP contribution in [0.5, 0.6) is 0 Å². The van der Waals surface area contributed by atoms with Crippen LogP contribution in [0.4, 0.5) is 0 Å². The van der Waals surface area contributed by atoms with Gasteiger partial charge in [0, 0.05) is 13.5 Å². The number of aryl methyl sites for hydroxylation is 2. The fourth-order valence-electron chi connectivity index (χ4n) is 3.45. The maximum atomic E-state index is 9.67. The molecule has 3 atom stereocenters. The van der Waals surface area contributed by atoms with Crippen LogP contribution in [0.1, 0.15) is 37.6 Å². The van der Waals surface area contributed by atoms with Crippen molar-refractivity contribution < 1.29 is 4.74 Å².